The maximum atomic E-state index is 4.09. The molecule has 0 spiro atoms. The summed E-state index contributed by atoms with van der Waals surface area (Å²) in [6.07, 6.45) is 9.52. The van der Waals surface area contributed by atoms with E-state index in [9.17, 15) is 0 Å². The second kappa shape index (κ2) is 6.05. The first-order chi connectivity index (χ1) is 8.29. The van der Waals surface area contributed by atoms with Gasteiger partial charge in [-0.3, -0.25) is 0 Å². The molecule has 17 heavy (non-hydrogen) atoms. The highest BCUT2D eigenvalue weighted by Gasteiger charge is 2.13. The molecule has 1 aliphatic carbocycles. The van der Waals surface area contributed by atoms with Gasteiger partial charge in [0.15, 0.2) is 0 Å². The summed E-state index contributed by atoms with van der Waals surface area (Å²) in [6, 6.07) is 9.07. The van der Waals surface area contributed by atoms with Gasteiger partial charge in [-0.2, -0.15) is 0 Å². The average Bonchev–Trinajstić information content (AvgIpc) is 2.40. The van der Waals surface area contributed by atoms with Crippen LogP contribution < -0.4 is 0 Å². The smallest absolute Gasteiger partial charge is 0.0230 e. The summed E-state index contributed by atoms with van der Waals surface area (Å²) in [5.41, 5.74) is 4.05. The van der Waals surface area contributed by atoms with Crippen molar-refractivity contribution >= 4 is 5.57 Å². The highest BCUT2D eigenvalue weighted by atomic mass is 14.2. The van der Waals surface area contributed by atoms with Crippen molar-refractivity contribution in [3.8, 4) is 0 Å². The number of hydrogen-bond donors (Lipinski definition) is 0. The van der Waals surface area contributed by atoms with E-state index in [1.807, 2.05) is 0 Å². The summed E-state index contributed by atoms with van der Waals surface area (Å²) in [6.45, 7) is 6.25. The van der Waals surface area contributed by atoms with E-state index >= 15 is 0 Å². The van der Waals surface area contributed by atoms with Crippen molar-refractivity contribution in [3.05, 3.63) is 42.0 Å². The highest BCUT2D eigenvalue weighted by molar-refractivity contribution is 5.63. The molecule has 0 heterocycles. The second-order valence-corrected chi connectivity index (χ2v) is 5.36. The minimum absolute atomic E-state index is 0.934. The average molecular weight is 228 g/mol. The molecule has 1 aromatic rings. The quantitative estimate of drug-likeness (QED) is 0.661. The first-order valence-corrected chi connectivity index (χ1v) is 7.06. The van der Waals surface area contributed by atoms with Gasteiger partial charge in [0, 0.05) is 0 Å². The van der Waals surface area contributed by atoms with Gasteiger partial charge < -0.3 is 0 Å². The maximum Gasteiger partial charge on any atom is -0.0230 e. The van der Waals surface area contributed by atoms with Crippen LogP contribution in [0.4, 0.5) is 0 Å². The summed E-state index contributed by atoms with van der Waals surface area (Å²) >= 11 is 0. The van der Waals surface area contributed by atoms with Crippen molar-refractivity contribution in [2.45, 2.75) is 51.9 Å². The van der Waals surface area contributed by atoms with E-state index in [2.05, 4.69) is 37.8 Å². The van der Waals surface area contributed by atoms with Crippen LogP contribution in [0.3, 0.4) is 0 Å². The SMILES string of the molecule is C=C(CC)c1ccc(CC2CCCCC2)cc1. The van der Waals surface area contributed by atoms with Crippen LogP contribution in [0, 0.1) is 5.92 Å². The van der Waals surface area contributed by atoms with Crippen LogP contribution in [-0.2, 0) is 6.42 Å². The van der Waals surface area contributed by atoms with Crippen molar-refractivity contribution < 1.29 is 0 Å². The molecule has 0 saturated heterocycles. The van der Waals surface area contributed by atoms with Gasteiger partial charge in [-0.25, -0.2) is 0 Å². The van der Waals surface area contributed by atoms with Gasteiger partial charge in [0.1, 0.15) is 0 Å². The fraction of sp³-hybridized carbons (Fsp3) is 0.529. The number of benzene rings is 1. The predicted molar refractivity (Wildman–Crippen MR) is 76.0 cm³/mol. The Morgan fingerprint density at radius 1 is 1.12 bits per heavy atom. The molecule has 0 bridgehead atoms. The molecule has 0 amide bonds. The Labute approximate surface area is 106 Å². The molecule has 0 unspecified atom stereocenters. The van der Waals surface area contributed by atoms with Crippen LogP contribution in [0.15, 0.2) is 30.8 Å². The van der Waals surface area contributed by atoms with Gasteiger partial charge in [0.05, 0.1) is 0 Å². The molecule has 0 aromatic heterocycles. The predicted octanol–water partition coefficient (Wildman–Crippen LogP) is 5.23. The minimum Gasteiger partial charge on any atom is -0.0952 e. The molecule has 1 aromatic carbocycles. The van der Waals surface area contributed by atoms with E-state index in [-0.39, 0.29) is 0 Å². The molecule has 0 aliphatic heterocycles. The van der Waals surface area contributed by atoms with E-state index in [0.29, 0.717) is 0 Å². The Kier molecular flexibility index (Phi) is 4.42. The number of rotatable bonds is 4. The van der Waals surface area contributed by atoms with E-state index in [0.717, 1.165) is 12.3 Å². The van der Waals surface area contributed by atoms with Gasteiger partial charge in [0.25, 0.3) is 0 Å². The number of allylic oxidation sites excluding steroid dienone is 1. The lowest BCUT2D eigenvalue weighted by atomic mass is 9.84. The molecule has 0 atom stereocenters. The third-order valence-corrected chi connectivity index (χ3v) is 4.04. The Morgan fingerprint density at radius 2 is 1.76 bits per heavy atom. The van der Waals surface area contributed by atoms with Crippen molar-refractivity contribution in [1.29, 1.82) is 0 Å². The monoisotopic (exact) mass is 228 g/mol. The maximum absolute atomic E-state index is 4.09. The highest BCUT2D eigenvalue weighted by Crippen LogP contribution is 2.27. The van der Waals surface area contributed by atoms with Crippen LogP contribution in [0.2, 0.25) is 0 Å². The van der Waals surface area contributed by atoms with E-state index in [4.69, 9.17) is 0 Å². The zero-order valence-corrected chi connectivity index (χ0v) is 11.0. The normalized spacial score (nSPS) is 17.0. The molecule has 2 rings (SSSR count). The van der Waals surface area contributed by atoms with Crippen molar-refractivity contribution in [2.24, 2.45) is 5.92 Å². The van der Waals surface area contributed by atoms with Crippen molar-refractivity contribution in [1.82, 2.24) is 0 Å². The van der Waals surface area contributed by atoms with Gasteiger partial charge in [0.2, 0.25) is 0 Å². The van der Waals surface area contributed by atoms with Gasteiger partial charge >= 0.3 is 0 Å². The Morgan fingerprint density at radius 3 is 2.35 bits per heavy atom. The van der Waals surface area contributed by atoms with Crippen LogP contribution in [0.1, 0.15) is 56.6 Å². The Balaban J connectivity index is 1.95. The minimum atomic E-state index is 0.934. The lowest BCUT2D eigenvalue weighted by Crippen LogP contribution is -2.09. The molecule has 0 nitrogen and oxygen atoms in total. The largest absolute Gasteiger partial charge is 0.0952 e. The molecule has 1 saturated carbocycles. The van der Waals surface area contributed by atoms with Gasteiger partial charge in [-0.15, -0.1) is 0 Å². The lowest BCUT2D eigenvalue weighted by Gasteiger charge is -2.21. The Hall–Kier alpha value is -1.04. The summed E-state index contributed by atoms with van der Waals surface area (Å²) in [5.74, 6) is 0.934. The fourth-order valence-electron chi connectivity index (χ4n) is 2.81. The summed E-state index contributed by atoms with van der Waals surface area (Å²) in [5, 5.41) is 0. The second-order valence-electron chi connectivity index (χ2n) is 5.36. The molecule has 0 N–H and O–H groups in total. The Bertz CT molecular complexity index is 352. The summed E-state index contributed by atoms with van der Waals surface area (Å²) in [7, 11) is 0. The van der Waals surface area contributed by atoms with Gasteiger partial charge in [-0.05, 0) is 35.5 Å². The molecule has 0 heteroatoms. The van der Waals surface area contributed by atoms with E-state index in [1.54, 1.807) is 0 Å². The molecular weight excluding hydrogens is 204 g/mol. The van der Waals surface area contributed by atoms with Crippen LogP contribution in [0.5, 0.6) is 0 Å². The van der Waals surface area contributed by atoms with Gasteiger partial charge in [-0.1, -0.05) is 69.9 Å². The standard InChI is InChI=1S/C17H24/c1-3-14(2)17-11-9-16(10-12-17)13-15-7-5-4-6-8-15/h9-12,15H,2-8,13H2,1H3. The molecule has 1 aliphatic rings. The zero-order valence-electron chi connectivity index (χ0n) is 11.0. The van der Waals surface area contributed by atoms with Crippen molar-refractivity contribution in [3.63, 3.8) is 0 Å². The first kappa shape index (κ1) is 12.4. The third-order valence-electron chi connectivity index (χ3n) is 4.04. The third kappa shape index (κ3) is 3.46. The number of hydrogen-bond acceptors (Lipinski definition) is 0. The summed E-state index contributed by atoms with van der Waals surface area (Å²) < 4.78 is 0. The fourth-order valence-corrected chi connectivity index (χ4v) is 2.81. The molecule has 1 fully saturated rings. The van der Waals surface area contributed by atoms with Crippen LogP contribution >= 0.6 is 0 Å². The lowest BCUT2D eigenvalue weighted by molar-refractivity contribution is 0.356. The van der Waals surface area contributed by atoms with Crippen LogP contribution in [0.25, 0.3) is 5.57 Å². The summed E-state index contributed by atoms with van der Waals surface area (Å²) in [4.78, 5) is 0. The molecule has 0 radical (unpaired) electrons. The molecular formula is C17H24. The topological polar surface area (TPSA) is 0 Å². The van der Waals surface area contributed by atoms with E-state index < -0.39 is 0 Å². The van der Waals surface area contributed by atoms with E-state index in [1.165, 1.54) is 55.2 Å². The zero-order chi connectivity index (χ0) is 12.1. The first-order valence-electron chi connectivity index (χ1n) is 7.06. The molecule has 92 valence electrons. The van der Waals surface area contributed by atoms with Crippen molar-refractivity contribution in [2.75, 3.05) is 0 Å². The van der Waals surface area contributed by atoms with Crippen LogP contribution in [-0.4, -0.2) is 0 Å².